The lowest BCUT2D eigenvalue weighted by Crippen LogP contribution is -1.99. The van der Waals surface area contributed by atoms with Gasteiger partial charge < -0.3 is 5.32 Å². The number of anilines is 1. The van der Waals surface area contributed by atoms with Crippen molar-refractivity contribution < 1.29 is 0 Å². The third-order valence-corrected chi connectivity index (χ3v) is 6.52. The van der Waals surface area contributed by atoms with E-state index in [0.717, 1.165) is 43.9 Å². The molecule has 0 bridgehead atoms. The summed E-state index contributed by atoms with van der Waals surface area (Å²) in [6, 6.07) is 15.5. The number of halogens is 2. The van der Waals surface area contributed by atoms with Crippen LogP contribution < -0.4 is 5.32 Å². The van der Waals surface area contributed by atoms with E-state index in [-0.39, 0.29) is 0 Å². The van der Waals surface area contributed by atoms with Crippen LogP contribution in [0.4, 0.5) is 5.13 Å². The molecule has 4 aromatic heterocycles. The van der Waals surface area contributed by atoms with Gasteiger partial charge in [-0.3, -0.25) is 4.98 Å². The average Bonchev–Trinajstić information content (AvgIpc) is 3.41. The number of aryl methyl sites for hydroxylation is 1. The first-order chi connectivity index (χ1) is 15.1. The highest BCUT2D eigenvalue weighted by molar-refractivity contribution is 7.19. The highest BCUT2D eigenvalue weighted by Gasteiger charge is 2.17. The molecule has 9 heteroatoms. The Bertz CT molecular complexity index is 1390. The molecule has 0 spiro atoms. The minimum Gasteiger partial charge on any atom is -0.357 e. The number of pyridine rings is 2. The van der Waals surface area contributed by atoms with Crippen LogP contribution in [0.1, 0.15) is 11.3 Å². The maximum atomic E-state index is 6.14. The van der Waals surface area contributed by atoms with Crippen LogP contribution in [-0.2, 0) is 6.54 Å². The fourth-order valence-corrected chi connectivity index (χ4v) is 4.50. The zero-order valence-electron chi connectivity index (χ0n) is 16.4. The summed E-state index contributed by atoms with van der Waals surface area (Å²) < 4.78 is 1.76. The van der Waals surface area contributed by atoms with E-state index < -0.39 is 0 Å². The third-order valence-electron chi connectivity index (χ3n) is 4.72. The summed E-state index contributed by atoms with van der Waals surface area (Å²) in [7, 11) is 0. The molecule has 0 aliphatic rings. The standard InChI is InChI=1S/C22H16Cl2N6S/c1-13-3-2-4-18(28-13)20-21(15-6-8-19-26-12-27-30(19)11-15)31-22(29-20)25-10-14-5-7-16(23)17(24)9-14/h2-9,11-12H,10H2,1H3,(H,25,29). The molecule has 6 nitrogen and oxygen atoms in total. The van der Waals surface area contributed by atoms with Gasteiger partial charge in [-0.15, -0.1) is 0 Å². The molecule has 0 saturated heterocycles. The molecule has 31 heavy (non-hydrogen) atoms. The number of aromatic nitrogens is 5. The number of fused-ring (bicyclic) bond motifs is 1. The lowest BCUT2D eigenvalue weighted by molar-refractivity contribution is 0.963. The van der Waals surface area contributed by atoms with Gasteiger partial charge >= 0.3 is 0 Å². The maximum Gasteiger partial charge on any atom is 0.184 e. The van der Waals surface area contributed by atoms with E-state index in [1.54, 1.807) is 28.2 Å². The molecule has 1 N–H and O–H groups in total. The predicted octanol–water partition coefficient (Wildman–Crippen LogP) is 6.14. The van der Waals surface area contributed by atoms with Crippen molar-refractivity contribution >= 4 is 45.3 Å². The minimum atomic E-state index is 0.534. The number of hydrogen-bond acceptors (Lipinski definition) is 6. The molecule has 0 amide bonds. The molecule has 154 valence electrons. The molecule has 0 atom stereocenters. The van der Waals surface area contributed by atoms with Gasteiger partial charge in [-0.05, 0) is 48.9 Å². The largest absolute Gasteiger partial charge is 0.357 e. The van der Waals surface area contributed by atoms with E-state index in [9.17, 15) is 0 Å². The van der Waals surface area contributed by atoms with Gasteiger partial charge in [-0.1, -0.05) is 46.7 Å². The van der Waals surface area contributed by atoms with E-state index in [0.29, 0.717) is 16.6 Å². The minimum absolute atomic E-state index is 0.534. The Kier molecular flexibility index (Phi) is 5.31. The number of nitrogens with one attached hydrogen (secondary N) is 1. The average molecular weight is 467 g/mol. The maximum absolute atomic E-state index is 6.14. The van der Waals surface area contributed by atoms with Crippen molar-refractivity contribution in [1.82, 2.24) is 24.6 Å². The molecule has 0 unspecified atom stereocenters. The topological polar surface area (TPSA) is 68.0 Å². The van der Waals surface area contributed by atoms with Crippen LogP contribution >= 0.6 is 34.5 Å². The molecular formula is C22H16Cl2N6S. The lowest BCUT2D eigenvalue weighted by atomic mass is 10.1. The highest BCUT2D eigenvalue weighted by Crippen LogP contribution is 2.38. The normalized spacial score (nSPS) is 11.2. The number of nitrogens with zero attached hydrogens (tertiary/aromatic N) is 5. The summed E-state index contributed by atoms with van der Waals surface area (Å²) in [6.07, 6.45) is 3.50. The van der Waals surface area contributed by atoms with Gasteiger partial charge in [-0.25, -0.2) is 14.5 Å². The Hall–Kier alpha value is -3.00. The molecule has 4 heterocycles. The van der Waals surface area contributed by atoms with E-state index in [1.807, 2.05) is 55.6 Å². The Morgan fingerprint density at radius 1 is 1.03 bits per heavy atom. The molecule has 5 rings (SSSR count). The second-order valence-corrected chi connectivity index (χ2v) is 8.76. The molecule has 0 aliphatic heterocycles. The van der Waals surface area contributed by atoms with Crippen molar-refractivity contribution in [3.8, 4) is 21.8 Å². The van der Waals surface area contributed by atoms with Crippen molar-refractivity contribution in [2.75, 3.05) is 5.32 Å². The molecule has 5 aromatic rings. The van der Waals surface area contributed by atoms with Gasteiger partial charge in [0, 0.05) is 24.0 Å². The molecule has 0 fully saturated rings. The summed E-state index contributed by atoms with van der Waals surface area (Å²) in [5, 5.41) is 9.52. The SMILES string of the molecule is Cc1cccc(-c2nc(NCc3ccc(Cl)c(Cl)c3)sc2-c2ccc3ncnn3c2)n1. The summed E-state index contributed by atoms with van der Waals surface area (Å²) in [4.78, 5) is 14.8. The molecular weight excluding hydrogens is 451 g/mol. The van der Waals surface area contributed by atoms with Crippen molar-refractivity contribution in [3.05, 3.63) is 82.4 Å². The highest BCUT2D eigenvalue weighted by atomic mass is 35.5. The zero-order valence-corrected chi connectivity index (χ0v) is 18.7. The summed E-state index contributed by atoms with van der Waals surface area (Å²) in [5.74, 6) is 0. The van der Waals surface area contributed by atoms with Crippen LogP contribution in [0.5, 0.6) is 0 Å². The number of benzene rings is 1. The van der Waals surface area contributed by atoms with Crippen LogP contribution in [0.25, 0.3) is 27.5 Å². The summed E-state index contributed by atoms with van der Waals surface area (Å²) in [5.41, 5.74) is 5.40. The van der Waals surface area contributed by atoms with Crippen LogP contribution in [0, 0.1) is 6.92 Å². The number of hydrogen-bond donors (Lipinski definition) is 1. The van der Waals surface area contributed by atoms with Gasteiger partial charge in [0.25, 0.3) is 0 Å². The number of thiazole rings is 1. The van der Waals surface area contributed by atoms with Gasteiger partial charge in [-0.2, -0.15) is 5.10 Å². The Morgan fingerprint density at radius 2 is 1.94 bits per heavy atom. The summed E-state index contributed by atoms with van der Waals surface area (Å²) >= 11 is 13.7. The first-order valence-electron chi connectivity index (χ1n) is 9.49. The Labute approximate surface area is 192 Å². The van der Waals surface area contributed by atoms with Gasteiger partial charge in [0.15, 0.2) is 10.8 Å². The lowest BCUT2D eigenvalue weighted by Gasteiger charge is -2.04. The van der Waals surface area contributed by atoms with Gasteiger partial charge in [0.1, 0.15) is 12.0 Å². The van der Waals surface area contributed by atoms with E-state index >= 15 is 0 Å². The van der Waals surface area contributed by atoms with Gasteiger partial charge in [0.2, 0.25) is 0 Å². The fraction of sp³-hybridized carbons (Fsp3) is 0.0909. The smallest absolute Gasteiger partial charge is 0.184 e. The third kappa shape index (κ3) is 4.12. The van der Waals surface area contributed by atoms with Crippen LogP contribution in [0.15, 0.2) is 61.1 Å². The van der Waals surface area contributed by atoms with Crippen LogP contribution in [-0.4, -0.2) is 24.6 Å². The van der Waals surface area contributed by atoms with Crippen molar-refractivity contribution in [2.45, 2.75) is 13.5 Å². The monoisotopic (exact) mass is 466 g/mol. The van der Waals surface area contributed by atoms with Crippen LogP contribution in [0.2, 0.25) is 10.0 Å². The molecule has 0 aliphatic carbocycles. The zero-order chi connectivity index (χ0) is 21.4. The quantitative estimate of drug-likeness (QED) is 0.336. The molecule has 0 saturated carbocycles. The molecule has 0 radical (unpaired) electrons. The second-order valence-electron chi connectivity index (χ2n) is 6.94. The predicted molar refractivity (Wildman–Crippen MR) is 126 cm³/mol. The Morgan fingerprint density at radius 3 is 2.77 bits per heavy atom. The first-order valence-corrected chi connectivity index (χ1v) is 11.1. The summed E-state index contributed by atoms with van der Waals surface area (Å²) in [6.45, 7) is 2.55. The van der Waals surface area contributed by atoms with Crippen LogP contribution in [0.3, 0.4) is 0 Å². The van der Waals surface area contributed by atoms with E-state index in [2.05, 4.69) is 20.4 Å². The first kappa shape index (κ1) is 19.9. The van der Waals surface area contributed by atoms with E-state index in [4.69, 9.17) is 28.2 Å². The Balaban J connectivity index is 1.53. The van der Waals surface area contributed by atoms with Crippen molar-refractivity contribution in [3.63, 3.8) is 0 Å². The number of rotatable bonds is 5. The van der Waals surface area contributed by atoms with Crippen molar-refractivity contribution in [1.29, 1.82) is 0 Å². The fourth-order valence-electron chi connectivity index (χ4n) is 3.22. The van der Waals surface area contributed by atoms with Crippen molar-refractivity contribution in [2.24, 2.45) is 0 Å². The van der Waals surface area contributed by atoms with E-state index in [1.165, 1.54) is 0 Å². The molecule has 1 aromatic carbocycles. The second kappa shape index (κ2) is 8.26. The van der Waals surface area contributed by atoms with Gasteiger partial charge in [0.05, 0.1) is 20.6 Å².